The van der Waals surface area contributed by atoms with Gasteiger partial charge in [-0.3, -0.25) is 9.89 Å². The van der Waals surface area contributed by atoms with Crippen molar-refractivity contribution in [2.45, 2.75) is 0 Å². The molecule has 1 saturated heterocycles. The van der Waals surface area contributed by atoms with Crippen molar-refractivity contribution in [3.05, 3.63) is 34.9 Å². The summed E-state index contributed by atoms with van der Waals surface area (Å²) in [6.45, 7) is 6.38. The standard InChI is InChI=1S/C13H18ClN3/c14-13-3-1-12(2-4-13)11-16-7-10-17-8-5-15-6-9-17/h1-4,11,15H,5-10H2. The smallest absolute Gasteiger partial charge is 0.0517 e. The first-order valence-corrected chi connectivity index (χ1v) is 6.41. The Morgan fingerprint density at radius 2 is 1.94 bits per heavy atom. The van der Waals surface area contributed by atoms with E-state index in [1.54, 1.807) is 0 Å². The Kier molecular flexibility index (Phi) is 4.98. The van der Waals surface area contributed by atoms with E-state index in [2.05, 4.69) is 15.2 Å². The highest BCUT2D eigenvalue weighted by Gasteiger charge is 2.07. The van der Waals surface area contributed by atoms with Crippen LogP contribution in [0.25, 0.3) is 0 Å². The zero-order chi connectivity index (χ0) is 11.9. The minimum Gasteiger partial charge on any atom is -0.314 e. The Morgan fingerprint density at radius 3 is 2.65 bits per heavy atom. The van der Waals surface area contributed by atoms with Gasteiger partial charge in [0.25, 0.3) is 0 Å². The Morgan fingerprint density at radius 1 is 1.24 bits per heavy atom. The van der Waals surface area contributed by atoms with E-state index in [1.165, 1.54) is 0 Å². The summed E-state index contributed by atoms with van der Waals surface area (Å²) < 4.78 is 0. The van der Waals surface area contributed by atoms with Gasteiger partial charge in [-0.15, -0.1) is 0 Å². The van der Waals surface area contributed by atoms with E-state index in [-0.39, 0.29) is 0 Å². The predicted molar refractivity (Wildman–Crippen MR) is 73.2 cm³/mol. The SMILES string of the molecule is Clc1ccc(C=NCCN2CCNCC2)cc1. The summed E-state index contributed by atoms with van der Waals surface area (Å²) in [5.74, 6) is 0. The Hall–Kier alpha value is -0.900. The lowest BCUT2D eigenvalue weighted by Gasteiger charge is -2.26. The van der Waals surface area contributed by atoms with Crippen LogP contribution in [0.5, 0.6) is 0 Å². The molecule has 0 bridgehead atoms. The average molecular weight is 252 g/mol. The van der Waals surface area contributed by atoms with Crippen LogP contribution in [0.4, 0.5) is 0 Å². The molecule has 1 aliphatic heterocycles. The number of hydrogen-bond donors (Lipinski definition) is 1. The largest absolute Gasteiger partial charge is 0.314 e. The molecule has 1 aromatic carbocycles. The lowest BCUT2D eigenvalue weighted by atomic mass is 10.2. The number of nitrogens with one attached hydrogen (secondary N) is 1. The van der Waals surface area contributed by atoms with E-state index in [9.17, 15) is 0 Å². The second kappa shape index (κ2) is 6.74. The van der Waals surface area contributed by atoms with E-state index < -0.39 is 0 Å². The molecule has 1 N–H and O–H groups in total. The lowest BCUT2D eigenvalue weighted by Crippen LogP contribution is -2.44. The number of aliphatic imine (C=N–C) groups is 1. The van der Waals surface area contributed by atoms with Crippen LogP contribution in [0.15, 0.2) is 29.3 Å². The number of rotatable bonds is 4. The summed E-state index contributed by atoms with van der Waals surface area (Å²) in [4.78, 5) is 6.88. The highest BCUT2D eigenvalue weighted by atomic mass is 35.5. The van der Waals surface area contributed by atoms with Gasteiger partial charge in [-0.05, 0) is 17.7 Å². The molecule has 2 rings (SSSR count). The monoisotopic (exact) mass is 251 g/mol. The van der Waals surface area contributed by atoms with E-state index in [0.29, 0.717) is 0 Å². The molecule has 1 aliphatic rings. The zero-order valence-electron chi connectivity index (χ0n) is 9.90. The van der Waals surface area contributed by atoms with Crippen LogP contribution in [0.2, 0.25) is 5.02 Å². The molecule has 0 aliphatic carbocycles. The topological polar surface area (TPSA) is 27.6 Å². The normalized spacial score (nSPS) is 17.7. The molecular weight excluding hydrogens is 234 g/mol. The van der Waals surface area contributed by atoms with Crippen LogP contribution in [-0.2, 0) is 0 Å². The number of hydrogen-bond acceptors (Lipinski definition) is 3. The van der Waals surface area contributed by atoms with Gasteiger partial charge >= 0.3 is 0 Å². The first-order chi connectivity index (χ1) is 8.34. The summed E-state index contributed by atoms with van der Waals surface area (Å²) >= 11 is 5.82. The summed E-state index contributed by atoms with van der Waals surface area (Å²) in [6.07, 6.45) is 1.92. The molecule has 92 valence electrons. The maximum absolute atomic E-state index is 5.82. The van der Waals surface area contributed by atoms with Crippen molar-refractivity contribution in [2.24, 2.45) is 4.99 Å². The molecule has 0 radical (unpaired) electrons. The van der Waals surface area contributed by atoms with E-state index >= 15 is 0 Å². The molecule has 0 atom stereocenters. The Balaban J connectivity index is 1.72. The molecule has 1 aromatic rings. The summed E-state index contributed by atoms with van der Waals surface area (Å²) in [7, 11) is 0. The molecule has 1 heterocycles. The fraction of sp³-hybridized carbons (Fsp3) is 0.462. The molecule has 0 unspecified atom stereocenters. The maximum Gasteiger partial charge on any atom is 0.0517 e. The third-order valence-electron chi connectivity index (χ3n) is 2.87. The number of nitrogens with zero attached hydrogens (tertiary/aromatic N) is 2. The first kappa shape index (κ1) is 12.6. The predicted octanol–water partition coefficient (Wildman–Crippen LogP) is 1.66. The molecule has 1 fully saturated rings. The summed E-state index contributed by atoms with van der Waals surface area (Å²) in [5.41, 5.74) is 1.11. The summed E-state index contributed by atoms with van der Waals surface area (Å²) in [5, 5.41) is 4.11. The van der Waals surface area contributed by atoms with Crippen molar-refractivity contribution in [3.63, 3.8) is 0 Å². The van der Waals surface area contributed by atoms with E-state index in [0.717, 1.165) is 49.9 Å². The van der Waals surface area contributed by atoms with Crippen LogP contribution in [0.3, 0.4) is 0 Å². The number of halogens is 1. The fourth-order valence-corrected chi connectivity index (χ4v) is 1.98. The quantitative estimate of drug-likeness (QED) is 0.825. The molecule has 0 saturated carbocycles. The molecule has 0 aromatic heterocycles. The molecular formula is C13H18ClN3. The number of benzene rings is 1. The average Bonchev–Trinajstić information content (AvgIpc) is 2.38. The van der Waals surface area contributed by atoms with Gasteiger partial charge in [0.05, 0.1) is 6.54 Å². The van der Waals surface area contributed by atoms with Crippen molar-refractivity contribution in [1.82, 2.24) is 10.2 Å². The van der Waals surface area contributed by atoms with Gasteiger partial charge in [0.15, 0.2) is 0 Å². The van der Waals surface area contributed by atoms with E-state index in [1.807, 2.05) is 30.5 Å². The van der Waals surface area contributed by atoms with Crippen LogP contribution < -0.4 is 5.32 Å². The molecule has 17 heavy (non-hydrogen) atoms. The molecule has 3 nitrogen and oxygen atoms in total. The van der Waals surface area contributed by atoms with Gasteiger partial charge in [-0.1, -0.05) is 23.7 Å². The molecule has 4 heteroatoms. The van der Waals surface area contributed by atoms with Crippen molar-refractivity contribution in [2.75, 3.05) is 39.3 Å². The van der Waals surface area contributed by atoms with Crippen LogP contribution in [-0.4, -0.2) is 50.4 Å². The number of piperazine rings is 1. The highest BCUT2D eigenvalue weighted by molar-refractivity contribution is 6.30. The minimum atomic E-state index is 0.767. The first-order valence-electron chi connectivity index (χ1n) is 6.03. The second-order valence-corrected chi connectivity index (χ2v) is 4.61. The van der Waals surface area contributed by atoms with Crippen LogP contribution in [0.1, 0.15) is 5.56 Å². The zero-order valence-corrected chi connectivity index (χ0v) is 10.7. The third kappa shape index (κ3) is 4.46. The Bertz CT molecular complexity index is 355. The van der Waals surface area contributed by atoms with Crippen LogP contribution >= 0.6 is 11.6 Å². The van der Waals surface area contributed by atoms with Crippen molar-refractivity contribution in [1.29, 1.82) is 0 Å². The maximum atomic E-state index is 5.82. The van der Waals surface area contributed by atoms with Crippen molar-refractivity contribution in [3.8, 4) is 0 Å². The second-order valence-electron chi connectivity index (χ2n) is 4.18. The summed E-state index contributed by atoms with van der Waals surface area (Å²) in [6, 6.07) is 7.74. The fourth-order valence-electron chi connectivity index (χ4n) is 1.85. The van der Waals surface area contributed by atoms with Gasteiger partial charge in [-0.2, -0.15) is 0 Å². The van der Waals surface area contributed by atoms with Gasteiger partial charge in [0, 0.05) is 44.0 Å². The van der Waals surface area contributed by atoms with Gasteiger partial charge < -0.3 is 5.32 Å². The molecule has 0 spiro atoms. The van der Waals surface area contributed by atoms with Gasteiger partial charge in [-0.25, -0.2) is 0 Å². The minimum absolute atomic E-state index is 0.767. The van der Waals surface area contributed by atoms with E-state index in [4.69, 9.17) is 11.6 Å². The third-order valence-corrected chi connectivity index (χ3v) is 3.12. The molecule has 0 amide bonds. The van der Waals surface area contributed by atoms with Crippen LogP contribution in [0, 0.1) is 0 Å². The highest BCUT2D eigenvalue weighted by Crippen LogP contribution is 2.07. The van der Waals surface area contributed by atoms with Crippen molar-refractivity contribution < 1.29 is 0 Å². The van der Waals surface area contributed by atoms with Crippen molar-refractivity contribution >= 4 is 17.8 Å². The van der Waals surface area contributed by atoms with Gasteiger partial charge in [0.2, 0.25) is 0 Å². The Labute approximate surface area is 107 Å². The van der Waals surface area contributed by atoms with Gasteiger partial charge in [0.1, 0.15) is 0 Å². The lowest BCUT2D eigenvalue weighted by molar-refractivity contribution is 0.248.